The summed E-state index contributed by atoms with van der Waals surface area (Å²) in [6.45, 7) is 1.61. The van der Waals surface area contributed by atoms with Crippen LogP contribution in [-0.2, 0) is 9.53 Å². The Kier molecular flexibility index (Phi) is 4.21. The molecule has 0 aromatic carbocycles. The van der Waals surface area contributed by atoms with E-state index in [0.29, 0.717) is 6.29 Å². The molecule has 2 atom stereocenters. The van der Waals surface area contributed by atoms with Crippen molar-refractivity contribution in [2.24, 2.45) is 0 Å². The Morgan fingerprint density at radius 3 is 2.55 bits per heavy atom. The minimum atomic E-state index is -1.23. The highest BCUT2D eigenvalue weighted by molar-refractivity contribution is 5.71. The van der Waals surface area contributed by atoms with Crippen molar-refractivity contribution < 1.29 is 19.4 Å². The third kappa shape index (κ3) is 3.57. The first-order valence-corrected chi connectivity index (χ1v) is 3.09. The van der Waals surface area contributed by atoms with Crippen LogP contribution in [0.2, 0.25) is 0 Å². The van der Waals surface area contributed by atoms with Crippen LogP contribution in [0, 0.1) is 0 Å². The summed E-state index contributed by atoms with van der Waals surface area (Å²) >= 11 is 0. The number of ether oxygens (including phenoxy) is 1. The van der Waals surface area contributed by atoms with E-state index in [0.717, 1.165) is 0 Å². The van der Waals surface area contributed by atoms with Gasteiger partial charge < -0.3 is 20.0 Å². The smallest absolute Gasteiger partial charge is 0.405 e. The maximum atomic E-state index is 10.2. The second-order valence-corrected chi connectivity index (χ2v) is 2.05. The molecule has 0 aliphatic rings. The quantitative estimate of drug-likeness (QED) is 0.562. The molecule has 0 rings (SSSR count). The van der Waals surface area contributed by atoms with Crippen LogP contribution in [0.4, 0.5) is 4.79 Å². The molecule has 0 aliphatic carbocycles. The highest BCUT2D eigenvalue weighted by atomic mass is 16.5. The minimum absolute atomic E-state index is 0.441. The van der Waals surface area contributed by atoms with E-state index in [4.69, 9.17) is 9.84 Å². The molecule has 2 unspecified atom stereocenters. The normalized spacial score (nSPS) is 15.1. The van der Waals surface area contributed by atoms with Gasteiger partial charge in [0.15, 0.2) is 0 Å². The van der Waals surface area contributed by atoms with E-state index in [1.807, 2.05) is 5.32 Å². The molecule has 64 valence electrons. The number of nitrogens with one attached hydrogen (secondary N) is 1. The van der Waals surface area contributed by atoms with Gasteiger partial charge >= 0.3 is 6.09 Å². The summed E-state index contributed by atoms with van der Waals surface area (Å²) in [4.78, 5) is 20.3. The summed E-state index contributed by atoms with van der Waals surface area (Å²) in [5, 5.41) is 10.2. The van der Waals surface area contributed by atoms with Crippen molar-refractivity contribution in [2.75, 3.05) is 7.11 Å². The van der Waals surface area contributed by atoms with Crippen molar-refractivity contribution in [3.63, 3.8) is 0 Å². The standard InChI is InChI=1S/C6H11NO4/c1-4(11-2)5(3-8)7-6(9)10/h3-5,7H,1-2H3,(H,9,10). The van der Waals surface area contributed by atoms with Crippen LogP contribution in [0.25, 0.3) is 0 Å². The van der Waals surface area contributed by atoms with Gasteiger partial charge in [-0.1, -0.05) is 0 Å². The van der Waals surface area contributed by atoms with Gasteiger partial charge in [0.2, 0.25) is 0 Å². The van der Waals surface area contributed by atoms with Gasteiger partial charge in [-0.15, -0.1) is 0 Å². The predicted octanol–water partition coefficient (Wildman–Crippen LogP) is -0.144. The Hall–Kier alpha value is -1.10. The van der Waals surface area contributed by atoms with Crippen molar-refractivity contribution in [2.45, 2.75) is 19.1 Å². The molecule has 0 saturated carbocycles. The fourth-order valence-corrected chi connectivity index (χ4v) is 0.551. The lowest BCUT2D eigenvalue weighted by Gasteiger charge is -2.16. The lowest BCUT2D eigenvalue weighted by Crippen LogP contribution is -2.43. The fraction of sp³-hybridized carbons (Fsp3) is 0.667. The van der Waals surface area contributed by atoms with Gasteiger partial charge in [0.05, 0.1) is 6.10 Å². The highest BCUT2D eigenvalue weighted by Gasteiger charge is 2.17. The molecular weight excluding hydrogens is 150 g/mol. The predicted molar refractivity (Wildman–Crippen MR) is 37.5 cm³/mol. The maximum Gasteiger partial charge on any atom is 0.405 e. The second kappa shape index (κ2) is 4.68. The number of hydrogen-bond donors (Lipinski definition) is 2. The molecule has 0 radical (unpaired) electrons. The number of methoxy groups -OCH3 is 1. The van der Waals surface area contributed by atoms with E-state index >= 15 is 0 Å². The van der Waals surface area contributed by atoms with Crippen LogP contribution in [-0.4, -0.2) is 36.7 Å². The number of aldehydes is 1. The molecule has 0 saturated heterocycles. The zero-order chi connectivity index (χ0) is 8.85. The number of hydrogen-bond acceptors (Lipinski definition) is 3. The monoisotopic (exact) mass is 161 g/mol. The van der Waals surface area contributed by atoms with Gasteiger partial charge in [-0.2, -0.15) is 0 Å². The van der Waals surface area contributed by atoms with E-state index < -0.39 is 18.2 Å². The molecule has 0 heterocycles. The van der Waals surface area contributed by atoms with Crippen molar-refractivity contribution in [1.29, 1.82) is 0 Å². The average molecular weight is 161 g/mol. The Bertz CT molecular complexity index is 148. The first kappa shape index (κ1) is 9.90. The average Bonchev–Trinajstić information content (AvgIpc) is 1.98. The summed E-state index contributed by atoms with van der Waals surface area (Å²) in [5.41, 5.74) is 0. The molecule has 0 aromatic rings. The summed E-state index contributed by atoms with van der Waals surface area (Å²) in [6, 6.07) is -0.794. The lowest BCUT2D eigenvalue weighted by molar-refractivity contribution is -0.112. The maximum absolute atomic E-state index is 10.2. The largest absolute Gasteiger partial charge is 0.465 e. The first-order valence-electron chi connectivity index (χ1n) is 3.09. The minimum Gasteiger partial charge on any atom is -0.465 e. The van der Waals surface area contributed by atoms with Gasteiger partial charge in [0.25, 0.3) is 0 Å². The number of carbonyl (C=O) groups excluding carboxylic acids is 1. The molecule has 0 aliphatic heterocycles. The van der Waals surface area contributed by atoms with E-state index in [1.54, 1.807) is 6.92 Å². The molecular formula is C6H11NO4. The van der Waals surface area contributed by atoms with Crippen LogP contribution in [0.5, 0.6) is 0 Å². The van der Waals surface area contributed by atoms with Gasteiger partial charge in [0.1, 0.15) is 12.3 Å². The molecule has 0 aromatic heterocycles. The van der Waals surface area contributed by atoms with Gasteiger partial charge in [-0.3, -0.25) is 0 Å². The topological polar surface area (TPSA) is 75.6 Å². The van der Waals surface area contributed by atoms with E-state index in [1.165, 1.54) is 7.11 Å². The molecule has 0 fully saturated rings. The Balaban J connectivity index is 3.94. The van der Waals surface area contributed by atoms with Gasteiger partial charge in [0, 0.05) is 7.11 Å². The number of rotatable bonds is 4. The number of carboxylic acid groups (broad SMARTS) is 1. The fourth-order valence-electron chi connectivity index (χ4n) is 0.551. The Morgan fingerprint density at radius 2 is 2.27 bits per heavy atom. The SMILES string of the molecule is COC(C)C(C=O)NC(=O)O. The second-order valence-electron chi connectivity index (χ2n) is 2.05. The summed E-state index contributed by atoms with van der Waals surface area (Å²) in [6.07, 6.45) is -1.17. The molecule has 11 heavy (non-hydrogen) atoms. The zero-order valence-corrected chi connectivity index (χ0v) is 6.40. The van der Waals surface area contributed by atoms with Gasteiger partial charge in [-0.05, 0) is 6.92 Å². The lowest BCUT2D eigenvalue weighted by atomic mass is 10.2. The van der Waals surface area contributed by atoms with Crippen molar-refractivity contribution >= 4 is 12.4 Å². The van der Waals surface area contributed by atoms with Crippen molar-refractivity contribution in [1.82, 2.24) is 5.32 Å². The van der Waals surface area contributed by atoms with Crippen LogP contribution in [0.15, 0.2) is 0 Å². The van der Waals surface area contributed by atoms with Crippen molar-refractivity contribution in [3.05, 3.63) is 0 Å². The number of amides is 1. The summed E-state index contributed by atoms with van der Waals surface area (Å²) in [5.74, 6) is 0. The van der Waals surface area contributed by atoms with Crippen LogP contribution >= 0.6 is 0 Å². The molecule has 2 N–H and O–H groups in total. The Morgan fingerprint density at radius 1 is 1.73 bits per heavy atom. The highest BCUT2D eigenvalue weighted by Crippen LogP contribution is 1.93. The van der Waals surface area contributed by atoms with Crippen LogP contribution in [0.1, 0.15) is 6.92 Å². The zero-order valence-electron chi connectivity index (χ0n) is 6.40. The van der Waals surface area contributed by atoms with Crippen molar-refractivity contribution in [3.8, 4) is 0 Å². The molecule has 1 amide bonds. The van der Waals surface area contributed by atoms with Gasteiger partial charge in [-0.25, -0.2) is 4.79 Å². The summed E-state index contributed by atoms with van der Waals surface area (Å²) < 4.78 is 4.75. The molecule has 5 nitrogen and oxygen atoms in total. The van der Waals surface area contributed by atoms with E-state index in [9.17, 15) is 9.59 Å². The first-order chi connectivity index (χ1) is 5.11. The molecule has 0 bridgehead atoms. The number of carbonyl (C=O) groups is 2. The van der Waals surface area contributed by atoms with E-state index in [-0.39, 0.29) is 0 Å². The third-order valence-electron chi connectivity index (χ3n) is 1.31. The molecule has 0 spiro atoms. The summed E-state index contributed by atoms with van der Waals surface area (Å²) in [7, 11) is 1.41. The molecule has 5 heteroatoms. The Labute approximate surface area is 64.3 Å². The van der Waals surface area contributed by atoms with E-state index in [2.05, 4.69) is 0 Å². The third-order valence-corrected chi connectivity index (χ3v) is 1.31. The van der Waals surface area contributed by atoms with Crippen LogP contribution < -0.4 is 5.32 Å². The van der Waals surface area contributed by atoms with Crippen LogP contribution in [0.3, 0.4) is 0 Å².